The molecular formula is C14H17N3OS. The van der Waals surface area contributed by atoms with Crippen molar-refractivity contribution in [3.05, 3.63) is 35.9 Å². The molecule has 1 aromatic carbocycles. The molecular weight excluding hydrogens is 258 g/mol. The van der Waals surface area contributed by atoms with Gasteiger partial charge in [-0.25, -0.2) is 4.98 Å². The van der Waals surface area contributed by atoms with Gasteiger partial charge in [0, 0.05) is 24.1 Å². The van der Waals surface area contributed by atoms with Gasteiger partial charge in [0.2, 0.25) is 0 Å². The topological polar surface area (TPSA) is 60.2 Å². The van der Waals surface area contributed by atoms with E-state index in [1.807, 2.05) is 37.3 Å². The van der Waals surface area contributed by atoms with Crippen LogP contribution in [-0.2, 0) is 4.74 Å². The number of anilines is 1. The highest BCUT2D eigenvalue weighted by Gasteiger charge is 2.07. The molecule has 2 aromatic rings. The molecule has 0 bridgehead atoms. The van der Waals surface area contributed by atoms with Crippen molar-refractivity contribution in [2.24, 2.45) is 5.73 Å². The molecule has 2 rings (SSSR count). The molecule has 3 N–H and O–H groups in total. The lowest BCUT2D eigenvalue weighted by Gasteiger charge is -2.10. The van der Waals surface area contributed by atoms with Crippen molar-refractivity contribution in [3.8, 4) is 0 Å². The van der Waals surface area contributed by atoms with Crippen LogP contribution in [0.2, 0.25) is 0 Å². The molecule has 5 heteroatoms. The lowest BCUT2D eigenvalue weighted by atomic mass is 10.1. The Balaban J connectivity index is 2.27. The van der Waals surface area contributed by atoms with Gasteiger partial charge in [0.1, 0.15) is 10.8 Å². The summed E-state index contributed by atoms with van der Waals surface area (Å²) in [7, 11) is 0. The van der Waals surface area contributed by atoms with Gasteiger partial charge in [-0.15, -0.1) is 0 Å². The van der Waals surface area contributed by atoms with Crippen molar-refractivity contribution >= 4 is 33.9 Å². The molecule has 19 heavy (non-hydrogen) atoms. The third-order valence-corrected chi connectivity index (χ3v) is 2.96. The summed E-state index contributed by atoms with van der Waals surface area (Å²) in [5.74, 6) is 0.765. The first kappa shape index (κ1) is 13.7. The van der Waals surface area contributed by atoms with Crippen LogP contribution in [-0.4, -0.2) is 29.7 Å². The molecule has 100 valence electrons. The fourth-order valence-corrected chi connectivity index (χ4v) is 2.03. The van der Waals surface area contributed by atoms with Crippen LogP contribution in [0.25, 0.3) is 10.9 Å². The molecule has 0 amide bonds. The lowest BCUT2D eigenvalue weighted by Crippen LogP contribution is -2.14. The van der Waals surface area contributed by atoms with E-state index < -0.39 is 0 Å². The normalized spacial score (nSPS) is 10.6. The number of aromatic nitrogens is 1. The zero-order valence-corrected chi connectivity index (χ0v) is 11.7. The minimum absolute atomic E-state index is 0.381. The second kappa shape index (κ2) is 6.45. The number of nitrogens with zero attached hydrogens (tertiary/aromatic N) is 1. The van der Waals surface area contributed by atoms with Crippen molar-refractivity contribution in [1.29, 1.82) is 0 Å². The number of fused-ring (bicyclic) bond motifs is 1. The maximum Gasteiger partial charge on any atom is 0.127 e. The Bertz CT molecular complexity index is 586. The fourth-order valence-electron chi connectivity index (χ4n) is 1.87. The largest absolute Gasteiger partial charge is 0.389 e. The van der Waals surface area contributed by atoms with Crippen molar-refractivity contribution < 1.29 is 4.74 Å². The summed E-state index contributed by atoms with van der Waals surface area (Å²) in [5, 5.41) is 4.19. The van der Waals surface area contributed by atoms with Crippen molar-refractivity contribution in [1.82, 2.24) is 4.98 Å². The molecule has 0 aliphatic heterocycles. The van der Waals surface area contributed by atoms with Crippen molar-refractivity contribution in [2.75, 3.05) is 25.1 Å². The van der Waals surface area contributed by atoms with E-state index in [1.54, 1.807) is 0 Å². The number of nitrogens with one attached hydrogen (secondary N) is 1. The van der Waals surface area contributed by atoms with Gasteiger partial charge in [-0.05, 0) is 19.1 Å². The molecule has 0 atom stereocenters. The highest BCUT2D eigenvalue weighted by Crippen LogP contribution is 2.20. The van der Waals surface area contributed by atoms with Crippen LogP contribution in [0.5, 0.6) is 0 Å². The summed E-state index contributed by atoms with van der Waals surface area (Å²) >= 11 is 5.10. The predicted octanol–water partition coefficient (Wildman–Crippen LogP) is 2.32. The molecule has 0 radical (unpaired) electrons. The minimum atomic E-state index is 0.381. The predicted molar refractivity (Wildman–Crippen MR) is 82.6 cm³/mol. The third kappa shape index (κ3) is 3.39. The van der Waals surface area contributed by atoms with Gasteiger partial charge in [-0.2, -0.15) is 0 Å². The number of hydrogen-bond acceptors (Lipinski definition) is 4. The van der Waals surface area contributed by atoms with Crippen LogP contribution in [0, 0.1) is 0 Å². The van der Waals surface area contributed by atoms with Gasteiger partial charge in [-0.1, -0.05) is 30.4 Å². The molecule has 0 spiro atoms. The molecule has 0 fully saturated rings. The molecule has 0 aliphatic rings. The van der Waals surface area contributed by atoms with E-state index in [-0.39, 0.29) is 0 Å². The van der Waals surface area contributed by atoms with Crippen LogP contribution in [0.4, 0.5) is 5.82 Å². The number of benzene rings is 1. The van der Waals surface area contributed by atoms with Gasteiger partial charge in [0.25, 0.3) is 0 Å². The first-order chi connectivity index (χ1) is 9.22. The van der Waals surface area contributed by atoms with E-state index in [1.165, 1.54) is 0 Å². The van der Waals surface area contributed by atoms with Crippen LogP contribution in [0.1, 0.15) is 12.5 Å². The van der Waals surface area contributed by atoms with Crippen molar-refractivity contribution in [3.63, 3.8) is 0 Å². The molecule has 0 aliphatic carbocycles. The Labute approximate surface area is 118 Å². The summed E-state index contributed by atoms with van der Waals surface area (Å²) in [4.78, 5) is 4.92. The van der Waals surface area contributed by atoms with E-state index in [9.17, 15) is 0 Å². The Hall–Kier alpha value is -1.72. The average molecular weight is 275 g/mol. The van der Waals surface area contributed by atoms with E-state index >= 15 is 0 Å². The Morgan fingerprint density at radius 2 is 2.21 bits per heavy atom. The first-order valence-corrected chi connectivity index (χ1v) is 6.64. The molecule has 0 unspecified atom stereocenters. The van der Waals surface area contributed by atoms with Gasteiger partial charge in [0.15, 0.2) is 0 Å². The number of hydrogen-bond donors (Lipinski definition) is 2. The minimum Gasteiger partial charge on any atom is -0.389 e. The maximum absolute atomic E-state index is 5.78. The zero-order valence-electron chi connectivity index (χ0n) is 10.8. The van der Waals surface area contributed by atoms with E-state index in [0.29, 0.717) is 24.7 Å². The number of pyridine rings is 1. The summed E-state index contributed by atoms with van der Waals surface area (Å²) in [6, 6.07) is 9.71. The number of rotatable bonds is 6. The van der Waals surface area contributed by atoms with Crippen LogP contribution in [0.15, 0.2) is 30.3 Å². The summed E-state index contributed by atoms with van der Waals surface area (Å²) in [6.07, 6.45) is 0. The lowest BCUT2D eigenvalue weighted by molar-refractivity contribution is 0.158. The number of ether oxygens (including phenoxy) is 1. The van der Waals surface area contributed by atoms with Gasteiger partial charge in [0.05, 0.1) is 12.1 Å². The quantitative estimate of drug-likeness (QED) is 0.626. The first-order valence-electron chi connectivity index (χ1n) is 6.23. The highest BCUT2D eigenvalue weighted by molar-refractivity contribution is 7.80. The molecule has 1 aromatic heterocycles. The van der Waals surface area contributed by atoms with Gasteiger partial charge in [-0.3, -0.25) is 0 Å². The van der Waals surface area contributed by atoms with Gasteiger partial charge < -0.3 is 15.8 Å². The third-order valence-electron chi connectivity index (χ3n) is 2.74. The molecule has 0 saturated carbocycles. The van der Waals surface area contributed by atoms with E-state index in [4.69, 9.17) is 22.7 Å². The molecule has 4 nitrogen and oxygen atoms in total. The molecule has 1 heterocycles. The monoisotopic (exact) mass is 275 g/mol. The summed E-state index contributed by atoms with van der Waals surface area (Å²) < 4.78 is 5.28. The smallest absolute Gasteiger partial charge is 0.127 e. The number of nitrogens with two attached hydrogens (primary N) is 1. The highest BCUT2D eigenvalue weighted by atomic mass is 32.1. The second-order valence-electron chi connectivity index (χ2n) is 4.06. The SMILES string of the molecule is CCOCCNc1cc(C(N)=S)c2ccccc2n1. The standard InChI is InChI=1S/C14H17N3OS/c1-2-18-8-7-16-13-9-11(14(15)19)10-5-3-4-6-12(10)17-13/h3-6,9H,2,7-8H2,1H3,(H2,15,19)(H,16,17). The van der Waals surface area contributed by atoms with Gasteiger partial charge >= 0.3 is 0 Å². The average Bonchev–Trinajstić information content (AvgIpc) is 2.42. The Kier molecular flexibility index (Phi) is 4.65. The number of thiocarbonyl (C=S) groups is 1. The van der Waals surface area contributed by atoms with Crippen LogP contribution >= 0.6 is 12.2 Å². The van der Waals surface area contributed by atoms with E-state index in [2.05, 4.69) is 10.3 Å². The number of para-hydroxylation sites is 1. The van der Waals surface area contributed by atoms with E-state index in [0.717, 1.165) is 22.3 Å². The zero-order chi connectivity index (χ0) is 13.7. The summed E-state index contributed by atoms with van der Waals surface area (Å²) in [5.41, 5.74) is 7.50. The summed E-state index contributed by atoms with van der Waals surface area (Å²) in [6.45, 7) is 4.04. The van der Waals surface area contributed by atoms with Crippen LogP contribution < -0.4 is 11.1 Å². The molecule has 0 saturated heterocycles. The Morgan fingerprint density at radius 3 is 2.95 bits per heavy atom. The Morgan fingerprint density at radius 1 is 1.42 bits per heavy atom. The van der Waals surface area contributed by atoms with Crippen molar-refractivity contribution in [2.45, 2.75) is 6.92 Å². The second-order valence-corrected chi connectivity index (χ2v) is 4.50. The fraction of sp³-hybridized carbons (Fsp3) is 0.286. The maximum atomic E-state index is 5.78. The van der Waals surface area contributed by atoms with Crippen LogP contribution in [0.3, 0.4) is 0 Å².